The first kappa shape index (κ1) is 37.1. The number of fused-ring (bicyclic) bond motifs is 2. The molecule has 0 spiro atoms. The van der Waals surface area contributed by atoms with Crippen LogP contribution in [0, 0.1) is 6.92 Å². The van der Waals surface area contributed by atoms with Gasteiger partial charge in [-0.3, -0.25) is 9.59 Å². The summed E-state index contributed by atoms with van der Waals surface area (Å²) in [6, 6.07) is 32.2. The van der Waals surface area contributed by atoms with Crippen LogP contribution in [0.1, 0.15) is 54.1 Å². The normalized spacial score (nSPS) is 15.3. The summed E-state index contributed by atoms with van der Waals surface area (Å²) in [7, 11) is -2.36. The van der Waals surface area contributed by atoms with E-state index in [0.29, 0.717) is 58.7 Å². The molecule has 0 fully saturated rings. The van der Waals surface area contributed by atoms with Crippen molar-refractivity contribution in [1.29, 1.82) is 0 Å². The zero-order valence-corrected chi connectivity index (χ0v) is 30.2. The number of amides is 2. The van der Waals surface area contributed by atoms with E-state index >= 15 is 0 Å². The summed E-state index contributed by atoms with van der Waals surface area (Å²) in [5.74, 6) is -2.04. The quantitative estimate of drug-likeness (QED) is 0.0972. The van der Waals surface area contributed by atoms with Gasteiger partial charge in [0.1, 0.15) is 6.04 Å². The fraction of sp³-hybridized carbons (Fsp3) is 0.195. The van der Waals surface area contributed by atoms with E-state index in [-0.39, 0.29) is 17.7 Å². The maximum absolute atomic E-state index is 14.8. The van der Waals surface area contributed by atoms with Gasteiger partial charge in [-0.15, -0.1) is 0 Å². The van der Waals surface area contributed by atoms with Crippen LogP contribution in [0.2, 0.25) is 5.02 Å². The van der Waals surface area contributed by atoms with Crippen LogP contribution in [0.25, 0.3) is 0 Å². The van der Waals surface area contributed by atoms with E-state index in [1.807, 2.05) is 61.5 Å². The molecule has 54 heavy (non-hydrogen) atoms. The van der Waals surface area contributed by atoms with Gasteiger partial charge in [-0.2, -0.15) is 0 Å². The molecule has 2 amide bonds. The van der Waals surface area contributed by atoms with Crippen LogP contribution in [0.4, 0.5) is 0 Å². The van der Waals surface area contributed by atoms with Gasteiger partial charge >= 0.3 is 20.2 Å². The minimum atomic E-state index is -1.58. The second-order valence-electron chi connectivity index (χ2n) is 13.3. The third kappa shape index (κ3) is 7.57. The predicted octanol–water partition coefficient (Wildman–Crippen LogP) is 3.23. The predicted molar refractivity (Wildman–Crippen MR) is 206 cm³/mol. The minimum Gasteiger partial charge on any atom is -0.443 e. The van der Waals surface area contributed by atoms with Crippen molar-refractivity contribution < 1.29 is 38.5 Å². The minimum absolute atomic E-state index is 0.171. The van der Waals surface area contributed by atoms with Gasteiger partial charge in [-0.25, -0.2) is 4.79 Å². The summed E-state index contributed by atoms with van der Waals surface area (Å²) in [5.41, 5.74) is 4.16. The first-order chi connectivity index (χ1) is 26.1. The van der Waals surface area contributed by atoms with Crippen molar-refractivity contribution in [3.05, 3.63) is 165 Å². The van der Waals surface area contributed by atoms with E-state index in [0.717, 1.165) is 16.7 Å². The van der Waals surface area contributed by atoms with Crippen LogP contribution in [-0.4, -0.2) is 67.9 Å². The molecule has 2 heterocycles. The van der Waals surface area contributed by atoms with Gasteiger partial charge in [0.25, 0.3) is 11.8 Å². The van der Waals surface area contributed by atoms with E-state index in [2.05, 4.69) is 10.6 Å². The number of rotatable bonds is 10. The molecule has 4 N–H and O–H groups in total. The van der Waals surface area contributed by atoms with Crippen LogP contribution < -0.4 is 21.6 Å². The van der Waals surface area contributed by atoms with Crippen LogP contribution >= 0.6 is 11.6 Å². The van der Waals surface area contributed by atoms with E-state index < -0.39 is 43.7 Å². The Morgan fingerprint density at radius 2 is 1.31 bits per heavy atom. The fourth-order valence-electron chi connectivity index (χ4n) is 6.94. The molecule has 5 aromatic rings. The standard InChI is InChI=1S/C41H37B2ClN2O8/c1-26-11-17-32(18-12-26)41(31-7-3-2-4-8-31,33-9-5-6-10-36(33)44)54-40(49)37(46-39(48)30-16-14-28-20-22-53-43(51)35(28)24-30)25-45-38(47)29-15-13-27-19-21-52-42(50)34(27)23-29/h2-18,23-24,37,50-51H,19-22,25H2,1H3,(H,45,47)(H,46,48)/t37-,41?/m1/s1. The molecular formula is C41H37B2ClN2O8. The second-order valence-corrected chi connectivity index (χ2v) is 13.7. The number of carbonyl (C=O) groups excluding carboxylic acids is 3. The van der Waals surface area contributed by atoms with E-state index in [1.54, 1.807) is 54.6 Å². The summed E-state index contributed by atoms with van der Waals surface area (Å²) >= 11 is 6.89. The van der Waals surface area contributed by atoms with Crippen molar-refractivity contribution in [2.75, 3.05) is 19.8 Å². The second kappa shape index (κ2) is 16.0. The van der Waals surface area contributed by atoms with Gasteiger partial charge in [0.05, 0.1) is 0 Å². The molecule has 2 aliphatic heterocycles. The zero-order chi connectivity index (χ0) is 37.8. The number of carbonyl (C=O) groups is 3. The Labute approximate surface area is 318 Å². The maximum Gasteiger partial charge on any atom is 0.491 e. The molecular weight excluding hydrogens is 706 g/mol. The van der Waals surface area contributed by atoms with E-state index in [9.17, 15) is 24.4 Å². The monoisotopic (exact) mass is 742 g/mol. The van der Waals surface area contributed by atoms with Crippen LogP contribution in [0.15, 0.2) is 115 Å². The Morgan fingerprint density at radius 1 is 0.759 bits per heavy atom. The van der Waals surface area contributed by atoms with Gasteiger partial charge in [-0.05, 0) is 72.1 Å². The number of hydrogen-bond donors (Lipinski definition) is 4. The number of benzene rings is 5. The third-order valence-electron chi connectivity index (χ3n) is 9.84. The van der Waals surface area contributed by atoms with Gasteiger partial charge in [0.2, 0.25) is 0 Å². The lowest BCUT2D eigenvalue weighted by atomic mass is 9.73. The third-order valence-corrected chi connectivity index (χ3v) is 10.2. The molecule has 1 unspecified atom stereocenters. The average molecular weight is 743 g/mol. The summed E-state index contributed by atoms with van der Waals surface area (Å²) < 4.78 is 17.4. The Morgan fingerprint density at radius 3 is 1.93 bits per heavy atom. The summed E-state index contributed by atoms with van der Waals surface area (Å²) in [5, 5.41) is 26.7. The van der Waals surface area contributed by atoms with Crippen molar-refractivity contribution in [3.63, 3.8) is 0 Å². The first-order valence-electron chi connectivity index (χ1n) is 17.7. The Bertz CT molecular complexity index is 2190. The molecule has 13 heteroatoms. The number of aryl methyl sites for hydroxylation is 1. The SMILES string of the molecule is Cc1ccc(C(OC(=O)[C@@H](CNC(=O)c2ccc3c(c2)B(O)OCC3)NC(=O)c2ccc3c(c2)B(O)OCC3)(c2ccccc2)c2ccccc2Cl)cc1. The zero-order valence-electron chi connectivity index (χ0n) is 29.5. The molecule has 7 rings (SSSR count). The van der Waals surface area contributed by atoms with Crippen molar-refractivity contribution >= 4 is 54.5 Å². The van der Waals surface area contributed by atoms with Crippen molar-refractivity contribution in [2.45, 2.75) is 31.4 Å². The fourth-order valence-corrected chi connectivity index (χ4v) is 7.21. The Hall–Kier alpha value is -5.23. The van der Waals surface area contributed by atoms with Gasteiger partial charge in [-0.1, -0.05) is 102 Å². The summed E-state index contributed by atoms with van der Waals surface area (Å²) in [4.78, 5) is 42.3. The highest BCUT2D eigenvalue weighted by molar-refractivity contribution is 6.61. The van der Waals surface area contributed by atoms with Gasteiger partial charge < -0.3 is 34.7 Å². The highest BCUT2D eigenvalue weighted by Gasteiger charge is 2.44. The molecule has 2 aliphatic rings. The number of halogens is 1. The largest absolute Gasteiger partial charge is 0.491 e. The molecule has 0 radical (unpaired) electrons. The Kier molecular flexibility index (Phi) is 11.0. The van der Waals surface area contributed by atoms with E-state index in [1.165, 1.54) is 6.07 Å². The molecule has 272 valence electrons. The van der Waals surface area contributed by atoms with Crippen LogP contribution in [0.5, 0.6) is 0 Å². The lowest BCUT2D eigenvalue weighted by Gasteiger charge is -2.37. The maximum atomic E-state index is 14.8. The first-order valence-corrected chi connectivity index (χ1v) is 18.1. The highest BCUT2D eigenvalue weighted by Crippen LogP contribution is 2.43. The molecule has 0 aromatic heterocycles. The van der Waals surface area contributed by atoms with Crippen molar-refractivity contribution in [2.24, 2.45) is 0 Å². The summed E-state index contributed by atoms with van der Waals surface area (Å²) in [6.07, 6.45) is 1.17. The number of ether oxygens (including phenoxy) is 1. The number of hydrogen-bond acceptors (Lipinski definition) is 8. The molecule has 0 saturated carbocycles. The molecule has 0 saturated heterocycles. The molecule has 0 aliphatic carbocycles. The van der Waals surface area contributed by atoms with Gasteiger partial charge in [0.15, 0.2) is 5.60 Å². The molecule has 2 atom stereocenters. The van der Waals surface area contributed by atoms with Crippen LogP contribution in [-0.2, 0) is 37.3 Å². The van der Waals surface area contributed by atoms with Crippen LogP contribution in [0.3, 0.4) is 0 Å². The number of nitrogens with one attached hydrogen (secondary N) is 2. The smallest absolute Gasteiger partial charge is 0.443 e. The number of esters is 1. The Balaban J connectivity index is 1.26. The highest BCUT2D eigenvalue weighted by atomic mass is 35.5. The van der Waals surface area contributed by atoms with Crippen molar-refractivity contribution in [1.82, 2.24) is 10.6 Å². The molecule has 10 nitrogen and oxygen atoms in total. The van der Waals surface area contributed by atoms with Gasteiger partial charge in [0, 0.05) is 52.6 Å². The lowest BCUT2D eigenvalue weighted by molar-refractivity contribution is -0.155. The summed E-state index contributed by atoms with van der Waals surface area (Å²) in [6.45, 7) is 2.29. The van der Waals surface area contributed by atoms with E-state index in [4.69, 9.17) is 25.6 Å². The van der Waals surface area contributed by atoms with Crippen molar-refractivity contribution in [3.8, 4) is 0 Å². The lowest BCUT2D eigenvalue weighted by Crippen LogP contribution is -2.52. The molecule has 0 bridgehead atoms. The average Bonchev–Trinajstić information content (AvgIpc) is 3.19. The topological polar surface area (TPSA) is 143 Å². The molecule has 5 aromatic carbocycles.